The van der Waals surface area contributed by atoms with Gasteiger partial charge in [0.1, 0.15) is 0 Å². The third-order valence-electron chi connectivity index (χ3n) is 2.99. The average molecular weight is 291 g/mol. The van der Waals surface area contributed by atoms with Crippen LogP contribution >= 0.6 is 11.8 Å². The number of hydrogen-bond donors (Lipinski definition) is 1. The van der Waals surface area contributed by atoms with Crippen molar-refractivity contribution >= 4 is 17.7 Å². The van der Waals surface area contributed by atoms with Crippen LogP contribution in [0.3, 0.4) is 0 Å². The number of benzene rings is 1. The van der Waals surface area contributed by atoms with Crippen LogP contribution in [-0.2, 0) is 11.3 Å². The van der Waals surface area contributed by atoms with E-state index in [1.165, 1.54) is 11.8 Å². The molecule has 0 fully saturated rings. The monoisotopic (exact) mass is 291 g/mol. The third-order valence-corrected chi connectivity index (χ3v) is 3.94. The van der Waals surface area contributed by atoms with Gasteiger partial charge < -0.3 is 9.67 Å². The summed E-state index contributed by atoms with van der Waals surface area (Å²) in [5.74, 6) is -0.0687. The topological polar surface area (TPSA) is 68.0 Å². The fourth-order valence-corrected chi connectivity index (χ4v) is 2.71. The number of aromatic nitrogens is 3. The van der Waals surface area contributed by atoms with Crippen molar-refractivity contribution in [3.8, 4) is 11.4 Å². The summed E-state index contributed by atoms with van der Waals surface area (Å²) in [5.41, 5.74) is 3.34. The quantitative estimate of drug-likeness (QED) is 0.858. The molecule has 2 aromatic rings. The first-order valence-electron chi connectivity index (χ1n) is 6.38. The molecule has 0 saturated heterocycles. The zero-order chi connectivity index (χ0) is 14.7. The highest BCUT2D eigenvalue weighted by atomic mass is 32.2. The number of aryl methyl sites for hydroxylation is 2. The minimum atomic E-state index is -0.853. The molecule has 20 heavy (non-hydrogen) atoms. The third kappa shape index (κ3) is 3.01. The van der Waals surface area contributed by atoms with Gasteiger partial charge in [-0.25, -0.2) is 0 Å². The normalized spacial score (nSPS) is 10.8. The summed E-state index contributed by atoms with van der Waals surface area (Å²) in [7, 11) is 0. The number of thioether (sulfide) groups is 1. The molecule has 0 amide bonds. The molecule has 0 spiro atoms. The van der Waals surface area contributed by atoms with Crippen molar-refractivity contribution in [2.24, 2.45) is 0 Å². The molecule has 6 heteroatoms. The standard InChI is InChI=1S/C14H17N3O2S/c1-4-17-13(11-7-9(2)5-6-10(11)3)15-16-14(17)20-8-12(18)19/h5-7H,4,8H2,1-3H3,(H,18,19). The van der Waals surface area contributed by atoms with Crippen LogP contribution in [0.4, 0.5) is 0 Å². The molecule has 0 radical (unpaired) electrons. The van der Waals surface area contributed by atoms with Crippen LogP contribution in [0.15, 0.2) is 23.4 Å². The summed E-state index contributed by atoms with van der Waals surface area (Å²) in [4.78, 5) is 10.7. The van der Waals surface area contributed by atoms with Crippen LogP contribution in [0.25, 0.3) is 11.4 Å². The lowest BCUT2D eigenvalue weighted by Gasteiger charge is -2.09. The van der Waals surface area contributed by atoms with Crippen LogP contribution in [0.2, 0.25) is 0 Å². The lowest BCUT2D eigenvalue weighted by molar-refractivity contribution is -0.133. The van der Waals surface area contributed by atoms with Gasteiger partial charge in [0.25, 0.3) is 0 Å². The Morgan fingerprint density at radius 1 is 1.35 bits per heavy atom. The van der Waals surface area contributed by atoms with E-state index in [0.29, 0.717) is 11.7 Å². The molecule has 0 aliphatic heterocycles. The predicted molar refractivity (Wildman–Crippen MR) is 79.0 cm³/mol. The Labute approximate surface area is 122 Å². The largest absolute Gasteiger partial charge is 0.481 e. The Balaban J connectivity index is 2.42. The molecule has 1 aromatic heterocycles. The smallest absolute Gasteiger partial charge is 0.313 e. The van der Waals surface area contributed by atoms with Crippen molar-refractivity contribution in [3.05, 3.63) is 29.3 Å². The molecule has 1 heterocycles. The molecule has 5 nitrogen and oxygen atoms in total. The molecular weight excluding hydrogens is 274 g/mol. The Bertz CT molecular complexity index is 637. The lowest BCUT2D eigenvalue weighted by Crippen LogP contribution is -2.03. The van der Waals surface area contributed by atoms with Crippen LogP contribution in [0, 0.1) is 13.8 Å². The van der Waals surface area contributed by atoms with Crippen LogP contribution in [-0.4, -0.2) is 31.6 Å². The maximum Gasteiger partial charge on any atom is 0.313 e. The zero-order valence-electron chi connectivity index (χ0n) is 11.8. The first-order chi connectivity index (χ1) is 9.52. The highest BCUT2D eigenvalue weighted by molar-refractivity contribution is 7.99. The van der Waals surface area contributed by atoms with E-state index in [0.717, 1.165) is 22.5 Å². The number of carboxylic acid groups (broad SMARTS) is 1. The zero-order valence-corrected chi connectivity index (χ0v) is 12.6. The SMILES string of the molecule is CCn1c(SCC(=O)O)nnc1-c1cc(C)ccc1C. The van der Waals surface area contributed by atoms with E-state index >= 15 is 0 Å². The Morgan fingerprint density at radius 2 is 2.10 bits per heavy atom. The van der Waals surface area contributed by atoms with Gasteiger partial charge in [-0.05, 0) is 32.4 Å². The van der Waals surface area contributed by atoms with Crippen molar-refractivity contribution < 1.29 is 9.90 Å². The van der Waals surface area contributed by atoms with E-state index in [-0.39, 0.29) is 5.75 Å². The van der Waals surface area contributed by atoms with E-state index in [4.69, 9.17) is 5.11 Å². The summed E-state index contributed by atoms with van der Waals surface area (Å²) in [6.45, 7) is 6.78. The molecule has 0 aliphatic rings. The van der Waals surface area contributed by atoms with Crippen molar-refractivity contribution in [2.75, 3.05) is 5.75 Å². The highest BCUT2D eigenvalue weighted by Crippen LogP contribution is 2.27. The molecule has 1 N–H and O–H groups in total. The second kappa shape index (κ2) is 6.09. The summed E-state index contributed by atoms with van der Waals surface area (Å²) in [5, 5.41) is 17.8. The van der Waals surface area contributed by atoms with Crippen LogP contribution in [0.5, 0.6) is 0 Å². The molecule has 0 atom stereocenters. The number of hydrogen-bond acceptors (Lipinski definition) is 4. The van der Waals surface area contributed by atoms with Gasteiger partial charge in [0, 0.05) is 12.1 Å². The van der Waals surface area contributed by atoms with Gasteiger partial charge in [0.15, 0.2) is 11.0 Å². The average Bonchev–Trinajstić information content (AvgIpc) is 2.81. The maximum atomic E-state index is 10.7. The minimum absolute atomic E-state index is 0.00900. The Hall–Kier alpha value is -1.82. The minimum Gasteiger partial charge on any atom is -0.481 e. The molecule has 0 saturated carbocycles. The number of carboxylic acids is 1. The summed E-state index contributed by atoms with van der Waals surface area (Å²) >= 11 is 1.20. The summed E-state index contributed by atoms with van der Waals surface area (Å²) < 4.78 is 1.95. The first-order valence-corrected chi connectivity index (χ1v) is 7.37. The predicted octanol–water partition coefficient (Wildman–Crippen LogP) is 2.76. The van der Waals surface area contributed by atoms with E-state index in [1.54, 1.807) is 0 Å². The summed E-state index contributed by atoms with van der Waals surface area (Å²) in [6, 6.07) is 6.20. The second-order valence-electron chi connectivity index (χ2n) is 4.55. The van der Waals surface area contributed by atoms with Crippen molar-refractivity contribution in [1.29, 1.82) is 0 Å². The molecule has 0 unspecified atom stereocenters. The van der Waals surface area contributed by atoms with Crippen LogP contribution < -0.4 is 0 Å². The molecule has 106 valence electrons. The summed E-state index contributed by atoms with van der Waals surface area (Å²) in [6.07, 6.45) is 0. The maximum absolute atomic E-state index is 10.7. The Kier molecular flexibility index (Phi) is 4.44. The number of rotatable bonds is 5. The Morgan fingerprint density at radius 3 is 2.75 bits per heavy atom. The molecule has 2 rings (SSSR count). The molecular formula is C14H17N3O2S. The molecule has 0 aliphatic carbocycles. The van der Waals surface area contributed by atoms with Gasteiger partial charge in [0.2, 0.25) is 0 Å². The lowest BCUT2D eigenvalue weighted by atomic mass is 10.1. The van der Waals surface area contributed by atoms with Crippen molar-refractivity contribution in [3.63, 3.8) is 0 Å². The van der Waals surface area contributed by atoms with Crippen LogP contribution in [0.1, 0.15) is 18.1 Å². The number of carbonyl (C=O) groups is 1. The van der Waals surface area contributed by atoms with Gasteiger partial charge in [-0.2, -0.15) is 0 Å². The fraction of sp³-hybridized carbons (Fsp3) is 0.357. The van der Waals surface area contributed by atoms with Gasteiger partial charge in [-0.1, -0.05) is 29.5 Å². The highest BCUT2D eigenvalue weighted by Gasteiger charge is 2.15. The van der Waals surface area contributed by atoms with Gasteiger partial charge in [-0.3, -0.25) is 4.79 Å². The van der Waals surface area contributed by atoms with E-state index in [1.807, 2.05) is 25.3 Å². The number of nitrogens with zero attached hydrogens (tertiary/aromatic N) is 3. The van der Waals surface area contributed by atoms with E-state index in [2.05, 4.69) is 28.4 Å². The van der Waals surface area contributed by atoms with E-state index < -0.39 is 5.97 Å². The van der Waals surface area contributed by atoms with Gasteiger partial charge >= 0.3 is 5.97 Å². The van der Waals surface area contributed by atoms with Crippen molar-refractivity contribution in [1.82, 2.24) is 14.8 Å². The fourth-order valence-electron chi connectivity index (χ4n) is 1.98. The van der Waals surface area contributed by atoms with E-state index in [9.17, 15) is 4.79 Å². The number of aliphatic carboxylic acids is 1. The van der Waals surface area contributed by atoms with Gasteiger partial charge in [-0.15, -0.1) is 10.2 Å². The van der Waals surface area contributed by atoms with Crippen molar-refractivity contribution in [2.45, 2.75) is 32.5 Å². The first kappa shape index (κ1) is 14.6. The molecule has 0 bridgehead atoms. The van der Waals surface area contributed by atoms with Gasteiger partial charge in [0.05, 0.1) is 5.75 Å². The molecule has 1 aromatic carbocycles. The second-order valence-corrected chi connectivity index (χ2v) is 5.49.